The molecule has 0 N–H and O–H groups in total. The number of unbranched alkanes of at least 4 members (excludes halogenated alkanes) is 1. The van der Waals surface area contributed by atoms with Crippen LogP contribution in [0.15, 0.2) is 11.6 Å². The normalized spacial score (nSPS) is 17.9. The van der Waals surface area contributed by atoms with E-state index in [-0.39, 0.29) is 0 Å². The van der Waals surface area contributed by atoms with Crippen molar-refractivity contribution in [3.8, 4) is 0 Å². The molecule has 0 aromatic heterocycles. The van der Waals surface area contributed by atoms with Gasteiger partial charge in [0.1, 0.15) is 0 Å². The fourth-order valence-corrected chi connectivity index (χ4v) is 3.11. The van der Waals surface area contributed by atoms with Crippen LogP contribution in [0.1, 0.15) is 87.0 Å². The van der Waals surface area contributed by atoms with Gasteiger partial charge in [-0.15, -0.1) is 0 Å². The van der Waals surface area contributed by atoms with E-state index in [1.165, 1.54) is 38.5 Å². The summed E-state index contributed by atoms with van der Waals surface area (Å²) in [5, 5.41) is 0. The van der Waals surface area contributed by atoms with E-state index in [9.17, 15) is 0 Å². The molecule has 0 rings (SSSR count). The Labute approximate surface area is 116 Å². The summed E-state index contributed by atoms with van der Waals surface area (Å²) in [5.41, 5.74) is 2.06. The molecule has 0 spiro atoms. The van der Waals surface area contributed by atoms with Crippen LogP contribution in [0.4, 0.5) is 0 Å². The smallest absolute Gasteiger partial charge is 0.0180 e. The Bertz CT molecular complexity index is 234. The van der Waals surface area contributed by atoms with Gasteiger partial charge in [0.25, 0.3) is 0 Å². The van der Waals surface area contributed by atoms with Crippen LogP contribution in [0.2, 0.25) is 0 Å². The minimum absolute atomic E-state index is 0.489. The Balaban J connectivity index is 4.91. The SMILES string of the molecule is CC=C(C)C(C)C(C)(CCCC)CC(CC)CC. The Morgan fingerprint density at radius 2 is 1.72 bits per heavy atom. The summed E-state index contributed by atoms with van der Waals surface area (Å²) in [7, 11) is 0. The van der Waals surface area contributed by atoms with E-state index in [1.54, 1.807) is 5.57 Å². The minimum atomic E-state index is 0.489. The van der Waals surface area contributed by atoms with Crippen molar-refractivity contribution in [1.82, 2.24) is 0 Å². The molecule has 0 nitrogen and oxygen atoms in total. The van der Waals surface area contributed by atoms with E-state index in [2.05, 4.69) is 54.5 Å². The van der Waals surface area contributed by atoms with Crippen molar-refractivity contribution in [2.45, 2.75) is 87.0 Å². The van der Waals surface area contributed by atoms with Gasteiger partial charge in [0.2, 0.25) is 0 Å². The maximum atomic E-state index is 2.53. The highest BCUT2D eigenvalue weighted by molar-refractivity contribution is 5.06. The van der Waals surface area contributed by atoms with E-state index in [4.69, 9.17) is 0 Å². The number of rotatable bonds is 9. The van der Waals surface area contributed by atoms with E-state index in [1.807, 2.05) is 0 Å². The third kappa shape index (κ3) is 5.16. The molecule has 0 saturated heterocycles. The van der Waals surface area contributed by atoms with Crippen molar-refractivity contribution in [3.05, 3.63) is 11.6 Å². The molecule has 0 radical (unpaired) electrons. The third-order valence-corrected chi connectivity index (χ3v) is 5.19. The minimum Gasteiger partial charge on any atom is -0.0884 e. The summed E-state index contributed by atoms with van der Waals surface area (Å²) in [5.74, 6) is 1.62. The van der Waals surface area contributed by atoms with Gasteiger partial charge in [-0.3, -0.25) is 0 Å². The van der Waals surface area contributed by atoms with Crippen LogP contribution in [0.25, 0.3) is 0 Å². The highest BCUT2D eigenvalue weighted by atomic mass is 14.4. The molecule has 0 heteroatoms. The van der Waals surface area contributed by atoms with Crippen molar-refractivity contribution >= 4 is 0 Å². The van der Waals surface area contributed by atoms with E-state index < -0.39 is 0 Å². The van der Waals surface area contributed by atoms with Crippen molar-refractivity contribution < 1.29 is 0 Å². The Morgan fingerprint density at radius 3 is 2.11 bits per heavy atom. The zero-order chi connectivity index (χ0) is 14.2. The Hall–Kier alpha value is -0.260. The number of hydrogen-bond acceptors (Lipinski definition) is 0. The molecule has 18 heavy (non-hydrogen) atoms. The standard InChI is InChI=1S/C18H36/c1-8-12-13-18(7,14-17(10-3)11-4)16(6)15(5)9-2/h9,16-17H,8,10-14H2,1-7H3. The molecule has 2 atom stereocenters. The van der Waals surface area contributed by atoms with Crippen molar-refractivity contribution in [2.75, 3.05) is 0 Å². The second-order valence-electron chi connectivity index (χ2n) is 6.40. The van der Waals surface area contributed by atoms with Gasteiger partial charge < -0.3 is 0 Å². The van der Waals surface area contributed by atoms with E-state index in [0.29, 0.717) is 5.41 Å². The fraction of sp³-hybridized carbons (Fsp3) is 0.889. The van der Waals surface area contributed by atoms with Gasteiger partial charge in [-0.05, 0) is 43.9 Å². The number of allylic oxidation sites excluding steroid dienone is 2. The summed E-state index contributed by atoms with van der Waals surface area (Å²) in [4.78, 5) is 0. The molecule has 0 aliphatic rings. The van der Waals surface area contributed by atoms with Crippen LogP contribution >= 0.6 is 0 Å². The molecule has 0 saturated carbocycles. The molecule has 0 amide bonds. The highest BCUT2D eigenvalue weighted by Crippen LogP contribution is 2.43. The summed E-state index contributed by atoms with van der Waals surface area (Å²) in [6.07, 6.45) is 10.4. The Morgan fingerprint density at radius 1 is 1.17 bits per heavy atom. The van der Waals surface area contributed by atoms with E-state index >= 15 is 0 Å². The van der Waals surface area contributed by atoms with Gasteiger partial charge in [-0.25, -0.2) is 0 Å². The van der Waals surface area contributed by atoms with Crippen LogP contribution in [0, 0.1) is 17.3 Å². The molecule has 0 bridgehead atoms. The monoisotopic (exact) mass is 252 g/mol. The molecule has 0 fully saturated rings. The summed E-state index contributed by atoms with van der Waals surface area (Å²) < 4.78 is 0. The van der Waals surface area contributed by atoms with Gasteiger partial charge in [0.15, 0.2) is 0 Å². The van der Waals surface area contributed by atoms with Crippen molar-refractivity contribution in [3.63, 3.8) is 0 Å². The quantitative estimate of drug-likeness (QED) is 0.405. The molecule has 0 aromatic rings. The molecule has 0 heterocycles. The van der Waals surface area contributed by atoms with Gasteiger partial charge in [-0.1, -0.05) is 72.0 Å². The average molecular weight is 252 g/mol. The second kappa shape index (κ2) is 8.77. The topological polar surface area (TPSA) is 0 Å². The van der Waals surface area contributed by atoms with Gasteiger partial charge in [0, 0.05) is 0 Å². The predicted molar refractivity (Wildman–Crippen MR) is 84.9 cm³/mol. The van der Waals surface area contributed by atoms with Crippen LogP contribution in [0.5, 0.6) is 0 Å². The van der Waals surface area contributed by atoms with Crippen LogP contribution in [-0.4, -0.2) is 0 Å². The molecule has 108 valence electrons. The maximum absolute atomic E-state index is 2.53. The molecule has 0 aliphatic carbocycles. The predicted octanol–water partition coefficient (Wildman–Crippen LogP) is 6.61. The fourth-order valence-electron chi connectivity index (χ4n) is 3.11. The van der Waals surface area contributed by atoms with E-state index in [0.717, 1.165) is 11.8 Å². The summed E-state index contributed by atoms with van der Waals surface area (Å²) in [6.45, 7) is 16.5. The first-order valence-corrected chi connectivity index (χ1v) is 8.07. The summed E-state index contributed by atoms with van der Waals surface area (Å²) >= 11 is 0. The first kappa shape index (κ1) is 17.7. The lowest BCUT2D eigenvalue weighted by Gasteiger charge is -2.39. The van der Waals surface area contributed by atoms with Crippen LogP contribution < -0.4 is 0 Å². The first-order valence-electron chi connectivity index (χ1n) is 8.07. The van der Waals surface area contributed by atoms with Crippen LogP contribution in [0.3, 0.4) is 0 Å². The average Bonchev–Trinajstić information content (AvgIpc) is 2.40. The Kier molecular flexibility index (Phi) is 8.65. The van der Waals surface area contributed by atoms with Crippen molar-refractivity contribution in [2.24, 2.45) is 17.3 Å². The zero-order valence-corrected chi connectivity index (χ0v) is 14.0. The second-order valence-corrected chi connectivity index (χ2v) is 6.40. The summed E-state index contributed by atoms with van der Waals surface area (Å²) in [6, 6.07) is 0. The largest absolute Gasteiger partial charge is 0.0884 e. The zero-order valence-electron chi connectivity index (χ0n) is 14.0. The first-order chi connectivity index (χ1) is 8.45. The molecular formula is C18H36. The van der Waals surface area contributed by atoms with Crippen molar-refractivity contribution in [1.29, 1.82) is 0 Å². The molecule has 2 unspecified atom stereocenters. The van der Waals surface area contributed by atoms with Gasteiger partial charge >= 0.3 is 0 Å². The lowest BCUT2D eigenvalue weighted by molar-refractivity contribution is 0.149. The highest BCUT2D eigenvalue weighted by Gasteiger charge is 2.32. The third-order valence-electron chi connectivity index (χ3n) is 5.19. The van der Waals surface area contributed by atoms with Gasteiger partial charge in [0.05, 0.1) is 0 Å². The number of hydrogen-bond donors (Lipinski definition) is 0. The van der Waals surface area contributed by atoms with Crippen LogP contribution in [-0.2, 0) is 0 Å². The molecular weight excluding hydrogens is 216 g/mol. The maximum Gasteiger partial charge on any atom is -0.0180 e. The lowest BCUT2D eigenvalue weighted by Crippen LogP contribution is -2.29. The lowest BCUT2D eigenvalue weighted by atomic mass is 9.66. The molecule has 0 aliphatic heterocycles. The van der Waals surface area contributed by atoms with Gasteiger partial charge in [-0.2, -0.15) is 0 Å². The molecule has 0 aromatic carbocycles.